The van der Waals surface area contributed by atoms with Crippen LogP contribution in [0.2, 0.25) is 0 Å². The Labute approximate surface area is 123 Å². The van der Waals surface area contributed by atoms with Crippen molar-refractivity contribution in [2.24, 2.45) is 0 Å². The molecular formula is C12H20N4O4S. The summed E-state index contributed by atoms with van der Waals surface area (Å²) in [5, 5.41) is 18.6. The van der Waals surface area contributed by atoms with E-state index in [0.29, 0.717) is 24.4 Å². The van der Waals surface area contributed by atoms with Gasteiger partial charge in [-0.15, -0.1) is 0 Å². The van der Waals surface area contributed by atoms with Crippen LogP contribution in [0.25, 0.3) is 0 Å². The molecule has 1 fully saturated rings. The Bertz CT molecular complexity index is 636. The van der Waals surface area contributed by atoms with Crippen LogP contribution in [-0.2, 0) is 9.84 Å². The third-order valence-corrected chi connectivity index (χ3v) is 5.34. The van der Waals surface area contributed by atoms with Crippen LogP contribution in [-0.4, -0.2) is 40.7 Å². The lowest BCUT2D eigenvalue weighted by molar-refractivity contribution is -0.384. The highest BCUT2D eigenvalue weighted by Crippen LogP contribution is 2.32. The number of hydrogen-bond donors (Lipinski definition) is 1. The maximum absolute atomic E-state index is 11.4. The molecule has 1 aliphatic rings. The zero-order valence-electron chi connectivity index (χ0n) is 12.4. The Morgan fingerprint density at radius 3 is 2.43 bits per heavy atom. The molecule has 1 aliphatic heterocycles. The van der Waals surface area contributed by atoms with Gasteiger partial charge in [-0.2, -0.15) is 5.10 Å². The zero-order valence-corrected chi connectivity index (χ0v) is 13.2. The van der Waals surface area contributed by atoms with Gasteiger partial charge in [-0.1, -0.05) is 0 Å². The second-order valence-corrected chi connectivity index (χ2v) is 7.95. The molecule has 0 bridgehead atoms. The molecule has 2 heterocycles. The van der Waals surface area contributed by atoms with Crippen LogP contribution in [0.15, 0.2) is 0 Å². The van der Waals surface area contributed by atoms with Crippen molar-refractivity contribution in [3.05, 3.63) is 15.8 Å². The first kappa shape index (κ1) is 15.7. The number of anilines is 1. The van der Waals surface area contributed by atoms with Crippen molar-refractivity contribution < 1.29 is 13.3 Å². The molecule has 2 rings (SSSR count). The smallest absolute Gasteiger partial charge is 0.333 e. The van der Waals surface area contributed by atoms with Gasteiger partial charge >= 0.3 is 5.69 Å². The lowest BCUT2D eigenvalue weighted by atomic mass is 10.1. The highest BCUT2D eigenvalue weighted by Gasteiger charge is 2.30. The third kappa shape index (κ3) is 3.34. The van der Waals surface area contributed by atoms with Crippen molar-refractivity contribution in [1.29, 1.82) is 0 Å². The monoisotopic (exact) mass is 316 g/mol. The maximum atomic E-state index is 11.4. The van der Waals surface area contributed by atoms with Crippen molar-refractivity contribution >= 4 is 21.3 Å². The van der Waals surface area contributed by atoms with Crippen LogP contribution in [0.3, 0.4) is 0 Å². The summed E-state index contributed by atoms with van der Waals surface area (Å²) >= 11 is 0. The van der Waals surface area contributed by atoms with Crippen molar-refractivity contribution in [3.8, 4) is 0 Å². The van der Waals surface area contributed by atoms with Gasteiger partial charge in [0.2, 0.25) is 5.82 Å². The van der Waals surface area contributed by atoms with Gasteiger partial charge in [0.15, 0.2) is 0 Å². The van der Waals surface area contributed by atoms with Crippen LogP contribution in [0.1, 0.15) is 38.4 Å². The number of hydrogen-bond acceptors (Lipinski definition) is 6. The third-order valence-electron chi connectivity index (χ3n) is 3.62. The number of nitro groups is 1. The first-order valence-electron chi connectivity index (χ1n) is 6.91. The van der Waals surface area contributed by atoms with Crippen molar-refractivity contribution in [2.75, 3.05) is 16.8 Å². The fourth-order valence-corrected chi connectivity index (χ4v) is 3.98. The van der Waals surface area contributed by atoms with Crippen LogP contribution < -0.4 is 5.32 Å². The predicted molar refractivity (Wildman–Crippen MR) is 79.3 cm³/mol. The lowest BCUT2D eigenvalue weighted by Crippen LogP contribution is -2.33. The molecule has 9 heteroatoms. The van der Waals surface area contributed by atoms with Crippen molar-refractivity contribution in [2.45, 2.75) is 45.7 Å². The fraction of sp³-hybridized carbons (Fsp3) is 0.750. The van der Waals surface area contributed by atoms with E-state index in [4.69, 9.17) is 0 Å². The van der Waals surface area contributed by atoms with Gasteiger partial charge in [0.25, 0.3) is 0 Å². The molecule has 1 aromatic rings. The lowest BCUT2D eigenvalue weighted by Gasteiger charge is -2.24. The molecule has 21 heavy (non-hydrogen) atoms. The van der Waals surface area contributed by atoms with Gasteiger partial charge in [-0.25, -0.2) is 13.1 Å². The predicted octanol–water partition coefficient (Wildman–Crippen LogP) is 1.67. The Morgan fingerprint density at radius 1 is 1.38 bits per heavy atom. The summed E-state index contributed by atoms with van der Waals surface area (Å²) in [6.07, 6.45) is 0.920. The summed E-state index contributed by atoms with van der Waals surface area (Å²) in [6.45, 7) is 5.40. The molecule has 1 aromatic heterocycles. The van der Waals surface area contributed by atoms with E-state index in [0.717, 1.165) is 0 Å². The summed E-state index contributed by atoms with van der Waals surface area (Å²) in [7, 11) is -2.95. The minimum Gasteiger partial charge on any atom is -0.362 e. The second kappa shape index (κ2) is 5.63. The normalized spacial score (nSPS) is 18.9. The molecule has 0 saturated carbocycles. The van der Waals surface area contributed by atoms with Gasteiger partial charge in [0, 0.05) is 12.1 Å². The molecule has 118 valence electrons. The Hall–Kier alpha value is -1.64. The van der Waals surface area contributed by atoms with E-state index in [1.165, 1.54) is 0 Å². The Kier molecular flexibility index (Phi) is 4.22. The summed E-state index contributed by atoms with van der Waals surface area (Å²) in [6, 6.07) is -0.104. The molecule has 0 amide bonds. The summed E-state index contributed by atoms with van der Waals surface area (Å²) in [5.41, 5.74) is 0.330. The first-order valence-corrected chi connectivity index (χ1v) is 8.74. The summed E-state index contributed by atoms with van der Waals surface area (Å²) in [5.74, 6) is 0.609. The van der Waals surface area contributed by atoms with Gasteiger partial charge in [0.1, 0.15) is 15.5 Å². The van der Waals surface area contributed by atoms with Crippen molar-refractivity contribution in [1.82, 2.24) is 9.78 Å². The molecule has 0 unspecified atom stereocenters. The van der Waals surface area contributed by atoms with Gasteiger partial charge in [-0.3, -0.25) is 10.1 Å². The van der Waals surface area contributed by atoms with Crippen LogP contribution in [0, 0.1) is 17.0 Å². The van der Waals surface area contributed by atoms with E-state index in [9.17, 15) is 18.5 Å². The van der Waals surface area contributed by atoms with Gasteiger partial charge in [-0.05, 0) is 33.6 Å². The zero-order chi connectivity index (χ0) is 15.8. The molecule has 8 nitrogen and oxygen atoms in total. The SMILES string of the molecule is Cc1nn(C(C)C)c(NC2CCS(=O)(=O)CC2)c1[N+](=O)[O-]. The number of nitrogens with one attached hydrogen (secondary N) is 1. The average Bonchev–Trinajstić information content (AvgIpc) is 2.69. The highest BCUT2D eigenvalue weighted by atomic mass is 32.2. The summed E-state index contributed by atoms with van der Waals surface area (Å²) < 4.78 is 24.5. The number of sulfone groups is 1. The number of aromatic nitrogens is 2. The van der Waals surface area contributed by atoms with E-state index < -0.39 is 14.8 Å². The van der Waals surface area contributed by atoms with E-state index in [1.54, 1.807) is 11.6 Å². The topological polar surface area (TPSA) is 107 Å². The van der Waals surface area contributed by atoms with Crippen LogP contribution >= 0.6 is 0 Å². The minimum absolute atomic E-state index is 0.0211. The quantitative estimate of drug-likeness (QED) is 0.669. The molecule has 0 atom stereocenters. The molecule has 0 aliphatic carbocycles. The molecular weight excluding hydrogens is 296 g/mol. The van der Waals surface area contributed by atoms with E-state index >= 15 is 0 Å². The first-order chi connectivity index (χ1) is 9.71. The van der Waals surface area contributed by atoms with Crippen molar-refractivity contribution in [3.63, 3.8) is 0 Å². The summed E-state index contributed by atoms with van der Waals surface area (Å²) in [4.78, 5) is 10.8. The van der Waals surface area contributed by atoms with E-state index in [-0.39, 0.29) is 29.3 Å². The number of aryl methyl sites for hydroxylation is 1. The minimum atomic E-state index is -2.95. The molecule has 0 radical (unpaired) electrons. The van der Waals surface area contributed by atoms with Crippen LogP contribution in [0.4, 0.5) is 11.5 Å². The van der Waals surface area contributed by atoms with Gasteiger partial charge in [0.05, 0.1) is 16.4 Å². The average molecular weight is 316 g/mol. The standard InChI is InChI=1S/C12H20N4O4S/c1-8(2)15-12(11(16(17)18)9(3)14-15)13-10-4-6-21(19,20)7-5-10/h8,10,13H,4-7H2,1-3H3. The number of rotatable bonds is 4. The van der Waals surface area contributed by atoms with E-state index in [1.807, 2.05) is 13.8 Å². The Balaban J connectivity index is 2.28. The van der Waals surface area contributed by atoms with E-state index in [2.05, 4.69) is 10.4 Å². The molecule has 1 saturated heterocycles. The van der Waals surface area contributed by atoms with Gasteiger partial charge < -0.3 is 5.32 Å². The van der Waals surface area contributed by atoms with Crippen LogP contribution in [0.5, 0.6) is 0 Å². The Morgan fingerprint density at radius 2 is 1.95 bits per heavy atom. The molecule has 0 spiro atoms. The second-order valence-electron chi connectivity index (χ2n) is 5.65. The number of nitrogens with zero attached hydrogens (tertiary/aromatic N) is 3. The molecule has 1 N–H and O–H groups in total. The molecule has 0 aromatic carbocycles. The fourth-order valence-electron chi connectivity index (χ4n) is 2.49. The maximum Gasteiger partial charge on any atom is 0.333 e. The highest BCUT2D eigenvalue weighted by molar-refractivity contribution is 7.91. The largest absolute Gasteiger partial charge is 0.362 e.